The summed E-state index contributed by atoms with van der Waals surface area (Å²) in [6.45, 7) is 4.31. The molecule has 6 heteroatoms. The summed E-state index contributed by atoms with van der Waals surface area (Å²) in [6.07, 6.45) is 0. The van der Waals surface area contributed by atoms with Crippen LogP contribution in [0.2, 0.25) is 0 Å². The maximum atomic E-state index is 13.7. The largest absolute Gasteiger partial charge is 0.321 e. The predicted molar refractivity (Wildman–Crippen MR) is 89.8 cm³/mol. The average molecular weight is 388 g/mol. The third kappa shape index (κ3) is 2.74. The van der Waals surface area contributed by atoms with Crippen molar-refractivity contribution < 1.29 is 4.39 Å². The number of benzene rings is 1. The molecule has 0 fully saturated rings. The van der Waals surface area contributed by atoms with Crippen LogP contribution in [-0.4, -0.2) is 9.55 Å². The Kier molecular flexibility index (Phi) is 4.08. The zero-order chi connectivity index (χ0) is 15.1. The highest BCUT2D eigenvalue weighted by atomic mass is 79.9. The van der Waals surface area contributed by atoms with Crippen LogP contribution in [0.25, 0.3) is 11.0 Å². The standard InChI is InChI=1S/C15H13BrClFN2S/c1-8-5-13-12(6-11(8)18)19-15(9(2)17)20(13)7-14-10(16)3-4-21-14/h3-6,9H,7H2,1-2H3. The van der Waals surface area contributed by atoms with Crippen molar-refractivity contribution >= 4 is 49.9 Å². The highest BCUT2D eigenvalue weighted by Crippen LogP contribution is 2.30. The number of fused-ring (bicyclic) bond motifs is 1. The summed E-state index contributed by atoms with van der Waals surface area (Å²) in [5.41, 5.74) is 2.17. The van der Waals surface area contributed by atoms with Gasteiger partial charge in [0.25, 0.3) is 0 Å². The van der Waals surface area contributed by atoms with Crippen LogP contribution in [0.3, 0.4) is 0 Å². The molecule has 2 aromatic heterocycles. The minimum atomic E-state index is -0.238. The van der Waals surface area contributed by atoms with Gasteiger partial charge in [-0.1, -0.05) is 0 Å². The highest BCUT2D eigenvalue weighted by Gasteiger charge is 2.17. The van der Waals surface area contributed by atoms with E-state index < -0.39 is 0 Å². The van der Waals surface area contributed by atoms with E-state index in [0.717, 1.165) is 15.8 Å². The number of alkyl halides is 1. The molecule has 110 valence electrons. The van der Waals surface area contributed by atoms with E-state index in [1.54, 1.807) is 18.3 Å². The van der Waals surface area contributed by atoms with Gasteiger partial charge in [-0.3, -0.25) is 0 Å². The van der Waals surface area contributed by atoms with E-state index in [4.69, 9.17) is 11.6 Å². The van der Waals surface area contributed by atoms with Gasteiger partial charge >= 0.3 is 0 Å². The molecule has 21 heavy (non-hydrogen) atoms. The van der Waals surface area contributed by atoms with Crippen LogP contribution in [0.1, 0.15) is 28.6 Å². The number of hydrogen-bond donors (Lipinski definition) is 0. The zero-order valence-corrected chi connectivity index (χ0v) is 14.7. The van der Waals surface area contributed by atoms with Gasteiger partial charge in [0.15, 0.2) is 0 Å². The van der Waals surface area contributed by atoms with Crippen LogP contribution in [0.4, 0.5) is 4.39 Å². The number of aryl methyl sites for hydroxylation is 1. The molecule has 3 aromatic rings. The molecule has 0 radical (unpaired) electrons. The molecule has 1 unspecified atom stereocenters. The molecule has 3 rings (SSSR count). The van der Waals surface area contributed by atoms with E-state index >= 15 is 0 Å². The van der Waals surface area contributed by atoms with Crippen molar-refractivity contribution in [2.75, 3.05) is 0 Å². The molecule has 0 amide bonds. The molecule has 0 N–H and O–H groups in total. The lowest BCUT2D eigenvalue weighted by molar-refractivity contribution is 0.620. The number of nitrogens with zero attached hydrogens (tertiary/aromatic N) is 2. The summed E-state index contributed by atoms with van der Waals surface area (Å²) >= 11 is 11.5. The van der Waals surface area contributed by atoms with E-state index in [-0.39, 0.29) is 11.2 Å². The van der Waals surface area contributed by atoms with Gasteiger partial charge < -0.3 is 4.57 Å². The van der Waals surface area contributed by atoms with E-state index in [0.29, 0.717) is 17.6 Å². The fraction of sp³-hybridized carbons (Fsp3) is 0.267. The fourth-order valence-corrected chi connectivity index (χ4v) is 3.95. The molecule has 0 saturated heterocycles. The first-order valence-corrected chi connectivity index (χ1v) is 8.60. The molecular weight excluding hydrogens is 375 g/mol. The molecule has 1 atom stereocenters. The van der Waals surface area contributed by atoms with Crippen LogP contribution < -0.4 is 0 Å². The Balaban J connectivity index is 2.20. The Bertz CT molecular complexity index is 809. The van der Waals surface area contributed by atoms with Crippen LogP contribution >= 0.6 is 38.9 Å². The van der Waals surface area contributed by atoms with Gasteiger partial charge in [0.1, 0.15) is 11.6 Å². The lowest BCUT2D eigenvalue weighted by atomic mass is 10.2. The second-order valence-electron chi connectivity index (χ2n) is 4.95. The summed E-state index contributed by atoms with van der Waals surface area (Å²) in [5, 5.41) is 1.80. The van der Waals surface area contributed by atoms with E-state index in [1.165, 1.54) is 10.9 Å². The molecular formula is C15H13BrClFN2S. The summed E-state index contributed by atoms with van der Waals surface area (Å²) < 4.78 is 16.9. The predicted octanol–water partition coefficient (Wildman–Crippen LogP) is 5.66. The molecule has 0 saturated carbocycles. The van der Waals surface area contributed by atoms with Gasteiger partial charge in [0.2, 0.25) is 0 Å². The minimum Gasteiger partial charge on any atom is -0.321 e. The van der Waals surface area contributed by atoms with Crippen molar-refractivity contribution in [3.05, 3.63) is 50.1 Å². The van der Waals surface area contributed by atoms with E-state index in [9.17, 15) is 4.39 Å². The van der Waals surface area contributed by atoms with Crippen molar-refractivity contribution in [3.8, 4) is 0 Å². The second-order valence-corrected chi connectivity index (χ2v) is 7.46. The molecule has 2 heterocycles. The topological polar surface area (TPSA) is 17.8 Å². The first-order chi connectivity index (χ1) is 9.97. The van der Waals surface area contributed by atoms with Gasteiger partial charge in [-0.25, -0.2) is 9.37 Å². The first kappa shape index (κ1) is 15.0. The summed E-state index contributed by atoms with van der Waals surface area (Å²) in [4.78, 5) is 5.69. The molecule has 2 nitrogen and oxygen atoms in total. The number of halogens is 3. The van der Waals surface area contributed by atoms with Gasteiger partial charge in [-0.2, -0.15) is 0 Å². The Hall–Kier alpha value is -0.910. The van der Waals surface area contributed by atoms with Crippen molar-refractivity contribution in [2.45, 2.75) is 25.8 Å². The van der Waals surface area contributed by atoms with Crippen LogP contribution in [0, 0.1) is 12.7 Å². The molecule has 0 aliphatic rings. The SMILES string of the molecule is Cc1cc2c(cc1F)nc(C(C)Cl)n2Cc1sccc1Br. The second kappa shape index (κ2) is 5.71. The Morgan fingerprint density at radius 1 is 1.48 bits per heavy atom. The maximum Gasteiger partial charge on any atom is 0.128 e. The quantitative estimate of drug-likeness (QED) is 0.530. The lowest BCUT2D eigenvalue weighted by Crippen LogP contribution is -2.05. The van der Waals surface area contributed by atoms with Gasteiger partial charge in [-0.15, -0.1) is 22.9 Å². The number of hydrogen-bond acceptors (Lipinski definition) is 2. The maximum absolute atomic E-state index is 13.7. The summed E-state index contributed by atoms with van der Waals surface area (Å²) in [5.74, 6) is 0.523. The van der Waals surface area contributed by atoms with Crippen molar-refractivity contribution in [3.63, 3.8) is 0 Å². The normalized spacial score (nSPS) is 13.0. The molecule has 0 bridgehead atoms. The van der Waals surface area contributed by atoms with Crippen LogP contribution in [0.15, 0.2) is 28.1 Å². The smallest absolute Gasteiger partial charge is 0.128 e. The van der Waals surface area contributed by atoms with Crippen LogP contribution in [-0.2, 0) is 6.54 Å². The first-order valence-electron chi connectivity index (χ1n) is 6.49. The number of aromatic nitrogens is 2. The van der Waals surface area contributed by atoms with Crippen LogP contribution in [0.5, 0.6) is 0 Å². The molecule has 0 spiro atoms. The monoisotopic (exact) mass is 386 g/mol. The average Bonchev–Trinajstić information content (AvgIpc) is 2.97. The number of rotatable bonds is 3. The Morgan fingerprint density at radius 2 is 2.24 bits per heavy atom. The minimum absolute atomic E-state index is 0.237. The van der Waals surface area contributed by atoms with E-state index in [2.05, 4.69) is 25.5 Å². The fourth-order valence-electron chi connectivity index (χ4n) is 2.32. The Labute approximate surface area is 139 Å². The van der Waals surface area contributed by atoms with Gasteiger partial charge in [-0.05, 0) is 52.9 Å². The third-order valence-electron chi connectivity index (χ3n) is 3.41. The molecule has 0 aliphatic heterocycles. The molecule has 1 aromatic carbocycles. The van der Waals surface area contributed by atoms with Crippen molar-refractivity contribution in [2.24, 2.45) is 0 Å². The highest BCUT2D eigenvalue weighted by molar-refractivity contribution is 9.10. The Morgan fingerprint density at radius 3 is 2.86 bits per heavy atom. The lowest BCUT2D eigenvalue weighted by Gasteiger charge is -2.10. The third-order valence-corrected chi connectivity index (χ3v) is 5.51. The zero-order valence-electron chi connectivity index (χ0n) is 11.5. The van der Waals surface area contributed by atoms with Gasteiger partial charge in [0, 0.05) is 15.4 Å². The number of imidazole rings is 1. The summed E-state index contributed by atoms with van der Waals surface area (Å²) in [7, 11) is 0. The molecule has 0 aliphatic carbocycles. The van der Waals surface area contributed by atoms with Crippen molar-refractivity contribution in [1.29, 1.82) is 0 Å². The summed E-state index contributed by atoms with van der Waals surface area (Å²) in [6, 6.07) is 5.34. The van der Waals surface area contributed by atoms with E-state index in [1.807, 2.05) is 24.4 Å². The van der Waals surface area contributed by atoms with Gasteiger partial charge in [0.05, 0.1) is 23.0 Å². The van der Waals surface area contributed by atoms with Crippen molar-refractivity contribution in [1.82, 2.24) is 9.55 Å². The number of thiophene rings is 1.